The van der Waals surface area contributed by atoms with Gasteiger partial charge in [-0.25, -0.2) is 0 Å². The van der Waals surface area contributed by atoms with Crippen molar-refractivity contribution in [3.63, 3.8) is 0 Å². The monoisotopic (exact) mass is 440 g/mol. The molecule has 162 valence electrons. The number of fused-ring (bicyclic) bond motifs is 1. The maximum absolute atomic E-state index is 12.9. The Balaban J connectivity index is 1.23. The van der Waals surface area contributed by atoms with E-state index in [1.165, 1.54) is 0 Å². The summed E-state index contributed by atoms with van der Waals surface area (Å²) < 4.78 is 12.1. The predicted molar refractivity (Wildman–Crippen MR) is 118 cm³/mol. The normalized spacial score (nSPS) is 21.3. The van der Waals surface area contributed by atoms with Crippen LogP contribution in [0.2, 0.25) is 5.02 Å². The number of hydrogen-bond donors (Lipinski definition) is 1. The smallest absolute Gasteiger partial charge is 0.253 e. The van der Waals surface area contributed by atoms with Crippen LogP contribution >= 0.6 is 11.6 Å². The molecule has 3 aliphatic rings. The number of carbonyl (C=O) groups is 2. The van der Waals surface area contributed by atoms with Crippen molar-refractivity contribution < 1.29 is 19.1 Å². The van der Waals surface area contributed by atoms with Crippen LogP contribution in [0.5, 0.6) is 11.5 Å². The molecule has 2 aromatic rings. The molecule has 2 fully saturated rings. The highest BCUT2D eigenvalue weighted by molar-refractivity contribution is 6.30. The third-order valence-electron chi connectivity index (χ3n) is 6.34. The second-order valence-corrected chi connectivity index (χ2v) is 9.01. The summed E-state index contributed by atoms with van der Waals surface area (Å²) in [6.45, 7) is 1.05. The van der Waals surface area contributed by atoms with E-state index in [2.05, 4.69) is 5.32 Å². The SMILES string of the molecule is O=C(Nc1ccc2c(c1)OC1(CCCC1)O2)[C@@H]1CCCN(C(=O)c2ccc(Cl)cc2)C1. The first kappa shape index (κ1) is 20.2. The molecule has 1 atom stereocenters. The largest absolute Gasteiger partial charge is 0.448 e. The number of likely N-dealkylation sites (tertiary alicyclic amines) is 1. The quantitative estimate of drug-likeness (QED) is 0.739. The van der Waals surface area contributed by atoms with Crippen molar-refractivity contribution in [3.05, 3.63) is 53.1 Å². The molecule has 7 heteroatoms. The molecule has 5 rings (SSSR count). The molecule has 1 N–H and O–H groups in total. The second kappa shape index (κ2) is 8.08. The number of carbonyl (C=O) groups excluding carboxylic acids is 2. The summed E-state index contributed by atoms with van der Waals surface area (Å²) in [4.78, 5) is 27.5. The Morgan fingerprint density at radius 1 is 1.00 bits per heavy atom. The molecule has 2 heterocycles. The van der Waals surface area contributed by atoms with E-state index in [0.717, 1.165) is 44.3 Å². The Morgan fingerprint density at radius 3 is 2.52 bits per heavy atom. The summed E-state index contributed by atoms with van der Waals surface area (Å²) in [6.07, 6.45) is 5.53. The van der Waals surface area contributed by atoms with Gasteiger partial charge in [0.2, 0.25) is 5.91 Å². The molecular formula is C24H25ClN2O4. The Hall–Kier alpha value is -2.73. The highest BCUT2D eigenvalue weighted by Crippen LogP contribution is 2.47. The van der Waals surface area contributed by atoms with Crippen LogP contribution in [0.15, 0.2) is 42.5 Å². The van der Waals surface area contributed by atoms with Gasteiger partial charge < -0.3 is 19.7 Å². The minimum absolute atomic E-state index is 0.0703. The van der Waals surface area contributed by atoms with Crippen LogP contribution < -0.4 is 14.8 Å². The summed E-state index contributed by atoms with van der Waals surface area (Å²) in [6, 6.07) is 12.4. The van der Waals surface area contributed by atoms with E-state index >= 15 is 0 Å². The van der Waals surface area contributed by atoms with Crippen molar-refractivity contribution in [1.29, 1.82) is 0 Å². The van der Waals surface area contributed by atoms with Gasteiger partial charge in [0.15, 0.2) is 11.5 Å². The van der Waals surface area contributed by atoms with Crippen molar-refractivity contribution in [1.82, 2.24) is 4.90 Å². The number of nitrogens with one attached hydrogen (secondary N) is 1. The zero-order valence-electron chi connectivity index (χ0n) is 17.2. The summed E-state index contributed by atoms with van der Waals surface area (Å²) in [5.41, 5.74) is 1.27. The summed E-state index contributed by atoms with van der Waals surface area (Å²) in [5.74, 6) is 0.496. The van der Waals surface area contributed by atoms with Crippen LogP contribution in [0.3, 0.4) is 0 Å². The molecule has 1 saturated heterocycles. The molecule has 0 unspecified atom stereocenters. The van der Waals surface area contributed by atoms with Gasteiger partial charge in [-0.3, -0.25) is 9.59 Å². The van der Waals surface area contributed by atoms with Gasteiger partial charge in [-0.2, -0.15) is 0 Å². The van der Waals surface area contributed by atoms with Gasteiger partial charge in [0.1, 0.15) is 0 Å². The number of hydrogen-bond acceptors (Lipinski definition) is 4. The zero-order valence-corrected chi connectivity index (χ0v) is 18.0. The van der Waals surface area contributed by atoms with Crippen LogP contribution in [0.4, 0.5) is 5.69 Å². The van der Waals surface area contributed by atoms with Crippen molar-refractivity contribution in [2.24, 2.45) is 5.92 Å². The lowest BCUT2D eigenvalue weighted by atomic mass is 9.96. The fraction of sp³-hybridized carbons (Fsp3) is 0.417. The Bertz CT molecular complexity index is 1000. The summed E-state index contributed by atoms with van der Waals surface area (Å²) in [7, 11) is 0. The van der Waals surface area contributed by atoms with Gasteiger partial charge in [-0.1, -0.05) is 11.6 Å². The molecule has 0 aromatic heterocycles. The predicted octanol–water partition coefficient (Wildman–Crippen LogP) is 4.87. The number of benzene rings is 2. The third kappa shape index (κ3) is 4.09. The number of nitrogens with zero attached hydrogens (tertiary/aromatic N) is 1. The molecule has 2 aromatic carbocycles. The van der Waals surface area contributed by atoms with E-state index in [1.807, 2.05) is 18.2 Å². The Kier molecular flexibility index (Phi) is 5.26. The molecule has 0 bridgehead atoms. The first-order chi connectivity index (χ1) is 15.0. The summed E-state index contributed by atoms with van der Waals surface area (Å²) in [5, 5.41) is 3.59. The zero-order chi connectivity index (χ0) is 21.4. The number of rotatable bonds is 3. The number of ether oxygens (including phenoxy) is 2. The molecule has 1 saturated carbocycles. The summed E-state index contributed by atoms with van der Waals surface area (Å²) >= 11 is 5.92. The van der Waals surface area contributed by atoms with Gasteiger partial charge in [0, 0.05) is 48.3 Å². The van der Waals surface area contributed by atoms with Crippen molar-refractivity contribution >= 4 is 29.1 Å². The van der Waals surface area contributed by atoms with Crippen LogP contribution in [0.1, 0.15) is 48.9 Å². The molecule has 0 radical (unpaired) electrons. The molecule has 2 aliphatic heterocycles. The first-order valence-corrected chi connectivity index (χ1v) is 11.3. The van der Waals surface area contributed by atoms with Crippen LogP contribution in [0.25, 0.3) is 0 Å². The number of piperidine rings is 1. The van der Waals surface area contributed by atoms with Gasteiger partial charge in [0.25, 0.3) is 11.7 Å². The fourth-order valence-electron chi connectivity index (χ4n) is 4.68. The van der Waals surface area contributed by atoms with Crippen molar-refractivity contribution in [2.75, 3.05) is 18.4 Å². The molecular weight excluding hydrogens is 416 g/mol. The lowest BCUT2D eigenvalue weighted by Crippen LogP contribution is -2.43. The highest BCUT2D eigenvalue weighted by Gasteiger charge is 2.44. The maximum atomic E-state index is 12.9. The highest BCUT2D eigenvalue weighted by atomic mass is 35.5. The van der Waals surface area contributed by atoms with Gasteiger partial charge >= 0.3 is 0 Å². The van der Waals surface area contributed by atoms with Crippen molar-refractivity contribution in [3.8, 4) is 11.5 Å². The van der Waals surface area contributed by atoms with E-state index in [9.17, 15) is 9.59 Å². The van der Waals surface area contributed by atoms with E-state index in [4.69, 9.17) is 21.1 Å². The van der Waals surface area contributed by atoms with Gasteiger partial charge in [-0.15, -0.1) is 0 Å². The Morgan fingerprint density at radius 2 is 1.74 bits per heavy atom. The molecule has 1 spiro atoms. The fourth-order valence-corrected chi connectivity index (χ4v) is 4.81. The van der Waals surface area contributed by atoms with E-state index in [-0.39, 0.29) is 17.7 Å². The molecule has 1 aliphatic carbocycles. The van der Waals surface area contributed by atoms with E-state index in [0.29, 0.717) is 35.1 Å². The molecule has 6 nitrogen and oxygen atoms in total. The molecule has 2 amide bonds. The lowest BCUT2D eigenvalue weighted by molar-refractivity contribution is -0.121. The van der Waals surface area contributed by atoms with Crippen molar-refractivity contribution in [2.45, 2.75) is 44.3 Å². The third-order valence-corrected chi connectivity index (χ3v) is 6.59. The topological polar surface area (TPSA) is 67.9 Å². The van der Waals surface area contributed by atoms with Crippen LogP contribution in [0, 0.1) is 5.92 Å². The minimum atomic E-state index is -0.517. The van der Waals surface area contributed by atoms with Crippen LogP contribution in [-0.2, 0) is 4.79 Å². The maximum Gasteiger partial charge on any atom is 0.253 e. The van der Waals surface area contributed by atoms with Gasteiger partial charge in [-0.05, 0) is 62.1 Å². The standard InChI is InChI=1S/C24H25ClN2O4/c25-18-7-5-16(6-8-18)23(29)27-13-3-4-17(15-27)22(28)26-19-9-10-20-21(14-19)31-24(30-20)11-1-2-12-24/h5-10,14,17H,1-4,11-13,15H2,(H,26,28)/t17-/m1/s1. The average Bonchev–Trinajstić information content (AvgIpc) is 3.39. The molecule has 31 heavy (non-hydrogen) atoms. The average molecular weight is 441 g/mol. The van der Waals surface area contributed by atoms with E-state index < -0.39 is 5.79 Å². The second-order valence-electron chi connectivity index (χ2n) is 8.57. The van der Waals surface area contributed by atoms with E-state index in [1.54, 1.807) is 29.2 Å². The number of amides is 2. The lowest BCUT2D eigenvalue weighted by Gasteiger charge is -2.32. The minimum Gasteiger partial charge on any atom is -0.448 e. The Labute approximate surface area is 186 Å². The number of halogens is 1. The van der Waals surface area contributed by atoms with Gasteiger partial charge in [0.05, 0.1) is 5.92 Å². The number of anilines is 1. The first-order valence-electron chi connectivity index (χ1n) is 10.9. The van der Waals surface area contributed by atoms with Crippen LogP contribution in [-0.4, -0.2) is 35.6 Å².